The molecule has 1 aliphatic rings. The zero-order valence-electron chi connectivity index (χ0n) is 11.5. The second kappa shape index (κ2) is 6.85. The first-order valence-corrected chi connectivity index (χ1v) is 8.20. The van der Waals surface area contributed by atoms with E-state index in [2.05, 4.69) is 11.6 Å². The first kappa shape index (κ1) is 15.7. The van der Waals surface area contributed by atoms with Crippen molar-refractivity contribution in [3.63, 3.8) is 0 Å². The summed E-state index contributed by atoms with van der Waals surface area (Å²) in [5.74, 6) is 0. The van der Waals surface area contributed by atoms with Gasteiger partial charge in [-0.15, -0.1) is 0 Å². The van der Waals surface area contributed by atoms with Crippen LogP contribution in [-0.2, 0) is 0 Å². The predicted molar refractivity (Wildman–Crippen MR) is 77.9 cm³/mol. The Kier molecular flexibility index (Phi) is 5.38. The average Bonchev–Trinajstić information content (AvgIpc) is 2.45. The van der Waals surface area contributed by atoms with Crippen LogP contribution in [0.15, 0.2) is 30.3 Å². The molecule has 0 spiro atoms. The van der Waals surface area contributed by atoms with Crippen LogP contribution in [0, 0.1) is 0 Å². The molecule has 0 bridgehead atoms. The normalized spacial score (nSPS) is 25.4. The lowest BCUT2D eigenvalue weighted by Gasteiger charge is -2.32. The number of hydrogen-bond acceptors (Lipinski definition) is 2. The van der Waals surface area contributed by atoms with E-state index in [-0.39, 0.29) is 6.04 Å². The molecule has 1 atom stereocenters. The molecule has 2 rings (SSSR count). The van der Waals surface area contributed by atoms with Crippen LogP contribution in [0.4, 0.5) is 13.2 Å². The van der Waals surface area contributed by atoms with Crippen LogP contribution in [0.3, 0.4) is 0 Å². The largest absolute Gasteiger partial charge is 0.407 e. The van der Waals surface area contributed by atoms with Gasteiger partial charge < -0.3 is 0 Å². The molecule has 0 radical (unpaired) electrons. The minimum atomic E-state index is -4.25. The van der Waals surface area contributed by atoms with E-state index in [1.165, 1.54) is 0 Å². The molecule has 0 saturated heterocycles. The van der Waals surface area contributed by atoms with E-state index >= 15 is 0 Å². The third-order valence-corrected chi connectivity index (χ3v) is 5.01. The number of alkyl halides is 3. The Hall–Kier alpha value is -0.680. The van der Waals surface area contributed by atoms with E-state index < -0.39 is 12.2 Å². The van der Waals surface area contributed by atoms with E-state index in [9.17, 15) is 13.2 Å². The number of hydrogen-bond donors (Lipinski definition) is 1. The monoisotopic (exact) mass is 303 g/mol. The highest BCUT2D eigenvalue weighted by Gasteiger charge is 2.42. The third kappa shape index (κ3) is 4.16. The minimum Gasteiger partial charge on any atom is -0.300 e. The SMILES string of the molecule is CSC1CCC(NC(c2ccccc2)C(F)(F)F)CC1. The molecule has 1 unspecified atom stereocenters. The first-order valence-electron chi connectivity index (χ1n) is 6.91. The maximum Gasteiger partial charge on any atom is 0.407 e. The Morgan fingerprint density at radius 2 is 1.70 bits per heavy atom. The summed E-state index contributed by atoms with van der Waals surface area (Å²) in [6, 6.07) is 6.53. The molecular formula is C15H20F3NS. The van der Waals surface area contributed by atoms with Crippen LogP contribution in [-0.4, -0.2) is 23.7 Å². The van der Waals surface area contributed by atoms with Gasteiger partial charge in [0.25, 0.3) is 0 Å². The second-order valence-electron chi connectivity index (χ2n) is 5.26. The molecule has 0 aromatic heterocycles. The second-order valence-corrected chi connectivity index (χ2v) is 6.40. The van der Waals surface area contributed by atoms with Gasteiger partial charge in [-0.05, 0) is 37.5 Å². The molecule has 1 N–H and O–H groups in total. The van der Waals surface area contributed by atoms with Crippen molar-refractivity contribution in [3.05, 3.63) is 35.9 Å². The Morgan fingerprint density at radius 3 is 2.20 bits per heavy atom. The fraction of sp³-hybridized carbons (Fsp3) is 0.600. The lowest BCUT2D eigenvalue weighted by atomic mass is 9.93. The number of rotatable bonds is 4. The molecule has 0 amide bonds. The highest BCUT2D eigenvalue weighted by molar-refractivity contribution is 7.99. The van der Waals surface area contributed by atoms with Crippen molar-refractivity contribution in [2.24, 2.45) is 0 Å². The summed E-state index contributed by atoms with van der Waals surface area (Å²) < 4.78 is 39.7. The standard InChI is InChI=1S/C15H20F3NS/c1-20-13-9-7-12(8-10-13)19-14(15(16,17)18)11-5-3-2-4-6-11/h2-6,12-14,19H,7-10H2,1H3. The van der Waals surface area contributed by atoms with E-state index in [0.29, 0.717) is 10.8 Å². The molecule has 1 saturated carbocycles. The summed E-state index contributed by atoms with van der Waals surface area (Å²) in [4.78, 5) is 0. The molecule has 0 aliphatic heterocycles. The topological polar surface area (TPSA) is 12.0 Å². The van der Waals surface area contributed by atoms with Crippen molar-refractivity contribution >= 4 is 11.8 Å². The van der Waals surface area contributed by atoms with Crippen LogP contribution >= 0.6 is 11.8 Å². The minimum absolute atomic E-state index is 0.0368. The van der Waals surface area contributed by atoms with Crippen LogP contribution < -0.4 is 5.32 Å². The lowest BCUT2D eigenvalue weighted by Crippen LogP contribution is -2.42. The first-order chi connectivity index (χ1) is 9.50. The molecule has 1 aromatic rings. The van der Waals surface area contributed by atoms with Gasteiger partial charge in [0.05, 0.1) is 0 Å². The Balaban J connectivity index is 2.03. The number of halogens is 3. The van der Waals surface area contributed by atoms with Gasteiger partial charge in [-0.1, -0.05) is 30.3 Å². The molecule has 0 heterocycles. The summed E-state index contributed by atoms with van der Waals surface area (Å²) in [5.41, 5.74) is 0.298. The summed E-state index contributed by atoms with van der Waals surface area (Å²) in [7, 11) is 0. The molecule has 1 nitrogen and oxygen atoms in total. The van der Waals surface area contributed by atoms with E-state index in [1.54, 1.807) is 30.3 Å². The summed E-state index contributed by atoms with van der Waals surface area (Å²) in [5, 5.41) is 3.43. The predicted octanol–water partition coefficient (Wildman–Crippen LogP) is 4.55. The highest BCUT2D eigenvalue weighted by atomic mass is 32.2. The van der Waals surface area contributed by atoms with Crippen molar-refractivity contribution in [3.8, 4) is 0 Å². The van der Waals surface area contributed by atoms with Crippen LogP contribution in [0.25, 0.3) is 0 Å². The maximum atomic E-state index is 13.2. The van der Waals surface area contributed by atoms with Crippen molar-refractivity contribution in [2.75, 3.05) is 6.26 Å². The smallest absolute Gasteiger partial charge is 0.300 e. The number of benzene rings is 1. The van der Waals surface area contributed by atoms with Gasteiger partial charge in [0.1, 0.15) is 6.04 Å². The molecule has 20 heavy (non-hydrogen) atoms. The molecule has 112 valence electrons. The van der Waals surface area contributed by atoms with Crippen molar-refractivity contribution in [1.82, 2.24) is 5.32 Å². The quantitative estimate of drug-likeness (QED) is 0.875. The van der Waals surface area contributed by atoms with Crippen LogP contribution in [0.5, 0.6) is 0 Å². The van der Waals surface area contributed by atoms with Crippen molar-refractivity contribution < 1.29 is 13.2 Å². The Bertz CT molecular complexity index is 399. The molecule has 1 aromatic carbocycles. The molecular weight excluding hydrogens is 283 g/mol. The van der Waals surface area contributed by atoms with Gasteiger partial charge in [-0.25, -0.2) is 0 Å². The Labute approximate surface area is 122 Å². The lowest BCUT2D eigenvalue weighted by molar-refractivity contribution is -0.160. The van der Waals surface area contributed by atoms with Crippen molar-refractivity contribution in [1.29, 1.82) is 0 Å². The third-order valence-electron chi connectivity index (χ3n) is 3.87. The van der Waals surface area contributed by atoms with Gasteiger partial charge in [0.15, 0.2) is 0 Å². The zero-order valence-corrected chi connectivity index (χ0v) is 12.3. The Morgan fingerprint density at radius 1 is 1.10 bits per heavy atom. The number of thioether (sulfide) groups is 1. The van der Waals surface area contributed by atoms with Crippen molar-refractivity contribution in [2.45, 2.75) is 49.2 Å². The summed E-state index contributed by atoms with van der Waals surface area (Å²) >= 11 is 1.82. The molecule has 5 heteroatoms. The fourth-order valence-corrected chi connectivity index (χ4v) is 3.47. The fourth-order valence-electron chi connectivity index (χ4n) is 2.73. The highest BCUT2D eigenvalue weighted by Crippen LogP contribution is 2.35. The molecule has 1 fully saturated rings. The molecule has 1 aliphatic carbocycles. The average molecular weight is 303 g/mol. The summed E-state index contributed by atoms with van der Waals surface area (Å²) in [6.07, 6.45) is 1.46. The van der Waals surface area contributed by atoms with E-state index in [4.69, 9.17) is 0 Å². The van der Waals surface area contributed by atoms with Gasteiger partial charge >= 0.3 is 6.18 Å². The maximum absolute atomic E-state index is 13.2. The van der Waals surface area contributed by atoms with Gasteiger partial charge in [-0.2, -0.15) is 24.9 Å². The van der Waals surface area contributed by atoms with Crippen LogP contribution in [0.1, 0.15) is 37.3 Å². The summed E-state index contributed by atoms with van der Waals surface area (Å²) in [6.45, 7) is 0. The van der Waals surface area contributed by atoms with Gasteiger partial charge in [0, 0.05) is 11.3 Å². The van der Waals surface area contributed by atoms with Gasteiger partial charge in [0.2, 0.25) is 0 Å². The van der Waals surface area contributed by atoms with Crippen LogP contribution in [0.2, 0.25) is 0 Å². The van der Waals surface area contributed by atoms with E-state index in [0.717, 1.165) is 25.7 Å². The van der Waals surface area contributed by atoms with E-state index in [1.807, 2.05) is 11.8 Å². The zero-order chi connectivity index (χ0) is 14.6. The van der Waals surface area contributed by atoms with Gasteiger partial charge in [-0.3, -0.25) is 5.32 Å². The number of nitrogens with one attached hydrogen (secondary N) is 1.